The summed E-state index contributed by atoms with van der Waals surface area (Å²) in [5.41, 5.74) is 1.14. The largest absolute Gasteiger partial charge is 0.493 e. The number of aromatic hydroxyl groups is 1. The first-order valence-electron chi connectivity index (χ1n) is 6.79. The van der Waals surface area contributed by atoms with Gasteiger partial charge < -0.3 is 15.0 Å². The predicted molar refractivity (Wildman–Crippen MR) is 91.8 cm³/mol. The van der Waals surface area contributed by atoms with Crippen LogP contribution < -0.4 is 5.32 Å². The Morgan fingerprint density at radius 2 is 1.96 bits per heavy atom. The molecule has 3 rings (SSSR count). The van der Waals surface area contributed by atoms with Crippen molar-refractivity contribution in [3.8, 4) is 5.88 Å². The average Bonchev–Trinajstić information content (AvgIpc) is 2.79. The number of fused-ring (bicyclic) bond motifs is 1. The second-order valence-electron chi connectivity index (χ2n) is 4.93. The van der Waals surface area contributed by atoms with Crippen molar-refractivity contribution in [2.75, 3.05) is 5.32 Å². The molecule has 1 aromatic heterocycles. The molecule has 0 saturated heterocycles. The van der Waals surface area contributed by atoms with Crippen LogP contribution in [0.25, 0.3) is 10.9 Å². The fraction of sp³-hybridized carbons (Fsp3) is 0.0625. The number of nitrogens with zero attached hydrogens (tertiary/aromatic N) is 2. The van der Waals surface area contributed by atoms with E-state index in [1.807, 2.05) is 18.2 Å². The van der Waals surface area contributed by atoms with Crippen molar-refractivity contribution >= 4 is 44.1 Å². The standard InChI is InChI=1S/C16H12BrN3O3/c17-10-6-7-13-12(8-10)15(19-23)16(22)20(13)9-14(21)18-11-4-2-1-3-5-11/h1-8,22H,9H2,(H,18,21). The highest BCUT2D eigenvalue weighted by molar-refractivity contribution is 9.10. The summed E-state index contributed by atoms with van der Waals surface area (Å²) >= 11 is 3.31. The first kappa shape index (κ1) is 15.2. The lowest BCUT2D eigenvalue weighted by Gasteiger charge is -2.08. The lowest BCUT2D eigenvalue weighted by atomic mass is 10.2. The van der Waals surface area contributed by atoms with Crippen LogP contribution in [-0.2, 0) is 11.3 Å². The Balaban J connectivity index is 1.95. The first-order valence-corrected chi connectivity index (χ1v) is 7.58. The van der Waals surface area contributed by atoms with E-state index in [0.29, 0.717) is 16.6 Å². The number of carbonyl (C=O) groups is 1. The van der Waals surface area contributed by atoms with E-state index in [2.05, 4.69) is 26.4 Å². The maximum absolute atomic E-state index is 12.2. The minimum absolute atomic E-state index is 0.0752. The number of nitroso groups, excluding NO2 is 1. The Labute approximate surface area is 139 Å². The van der Waals surface area contributed by atoms with Crippen LogP contribution in [-0.4, -0.2) is 15.6 Å². The topological polar surface area (TPSA) is 83.7 Å². The average molecular weight is 374 g/mol. The molecular formula is C16H12BrN3O3. The number of benzene rings is 2. The fourth-order valence-electron chi connectivity index (χ4n) is 2.41. The summed E-state index contributed by atoms with van der Waals surface area (Å²) in [7, 11) is 0. The van der Waals surface area contributed by atoms with E-state index in [4.69, 9.17) is 0 Å². The van der Waals surface area contributed by atoms with Gasteiger partial charge in [0.15, 0.2) is 5.69 Å². The summed E-state index contributed by atoms with van der Waals surface area (Å²) in [5.74, 6) is -0.639. The molecule has 0 fully saturated rings. The van der Waals surface area contributed by atoms with Crippen molar-refractivity contribution in [3.05, 3.63) is 57.9 Å². The lowest BCUT2D eigenvalue weighted by molar-refractivity contribution is -0.116. The SMILES string of the molecule is O=Nc1c(O)n(CC(=O)Nc2ccccc2)c2ccc(Br)cc12. The van der Waals surface area contributed by atoms with E-state index in [0.717, 1.165) is 4.47 Å². The number of anilines is 1. The van der Waals surface area contributed by atoms with E-state index in [9.17, 15) is 14.8 Å². The van der Waals surface area contributed by atoms with Gasteiger partial charge in [-0.05, 0) is 35.5 Å². The van der Waals surface area contributed by atoms with Gasteiger partial charge in [0.05, 0.1) is 5.52 Å². The molecule has 0 aliphatic heterocycles. The van der Waals surface area contributed by atoms with Crippen molar-refractivity contribution < 1.29 is 9.90 Å². The number of halogens is 1. The summed E-state index contributed by atoms with van der Waals surface area (Å²) in [6.07, 6.45) is 0. The number of para-hydroxylation sites is 1. The number of hydrogen-bond donors (Lipinski definition) is 2. The maximum atomic E-state index is 12.2. The van der Waals surface area contributed by atoms with E-state index >= 15 is 0 Å². The Hall–Kier alpha value is -2.67. The molecule has 0 bridgehead atoms. The van der Waals surface area contributed by atoms with Gasteiger partial charge in [-0.2, -0.15) is 0 Å². The monoisotopic (exact) mass is 373 g/mol. The maximum Gasteiger partial charge on any atom is 0.244 e. The van der Waals surface area contributed by atoms with Gasteiger partial charge >= 0.3 is 0 Å². The molecule has 0 spiro atoms. The molecule has 2 aromatic carbocycles. The van der Waals surface area contributed by atoms with Crippen molar-refractivity contribution in [2.45, 2.75) is 6.54 Å². The molecule has 0 atom stereocenters. The van der Waals surface area contributed by atoms with Gasteiger partial charge in [-0.3, -0.25) is 4.79 Å². The van der Waals surface area contributed by atoms with Crippen molar-refractivity contribution in [1.82, 2.24) is 4.57 Å². The Kier molecular flexibility index (Phi) is 4.12. The van der Waals surface area contributed by atoms with Gasteiger partial charge in [-0.15, -0.1) is 4.91 Å². The molecule has 1 heterocycles. The van der Waals surface area contributed by atoms with Gasteiger partial charge in [0.25, 0.3) is 0 Å². The summed E-state index contributed by atoms with van der Waals surface area (Å²) < 4.78 is 2.11. The molecule has 0 aliphatic rings. The van der Waals surface area contributed by atoms with E-state index in [1.54, 1.807) is 30.3 Å². The van der Waals surface area contributed by atoms with E-state index in [1.165, 1.54) is 4.57 Å². The third-order valence-electron chi connectivity index (χ3n) is 3.42. The molecule has 23 heavy (non-hydrogen) atoms. The molecule has 0 radical (unpaired) electrons. The fourth-order valence-corrected chi connectivity index (χ4v) is 2.77. The van der Waals surface area contributed by atoms with Gasteiger partial charge in [0, 0.05) is 15.5 Å². The minimum atomic E-state index is -0.323. The summed E-state index contributed by atoms with van der Waals surface area (Å²) in [4.78, 5) is 23.2. The zero-order chi connectivity index (χ0) is 16.4. The van der Waals surface area contributed by atoms with Gasteiger partial charge in [0.2, 0.25) is 11.8 Å². The van der Waals surface area contributed by atoms with Crippen molar-refractivity contribution in [1.29, 1.82) is 0 Å². The van der Waals surface area contributed by atoms with Crippen molar-refractivity contribution in [2.24, 2.45) is 5.18 Å². The number of aromatic nitrogens is 1. The first-order chi connectivity index (χ1) is 11.1. The Morgan fingerprint density at radius 1 is 1.22 bits per heavy atom. The van der Waals surface area contributed by atoms with Gasteiger partial charge in [0.1, 0.15) is 6.54 Å². The molecule has 3 aromatic rings. The zero-order valence-electron chi connectivity index (χ0n) is 11.9. The number of carbonyl (C=O) groups excluding carboxylic acids is 1. The smallest absolute Gasteiger partial charge is 0.244 e. The third-order valence-corrected chi connectivity index (χ3v) is 3.92. The highest BCUT2D eigenvalue weighted by Gasteiger charge is 2.19. The molecule has 0 unspecified atom stereocenters. The highest BCUT2D eigenvalue weighted by atomic mass is 79.9. The zero-order valence-corrected chi connectivity index (χ0v) is 13.4. The van der Waals surface area contributed by atoms with Crippen LogP contribution in [0.15, 0.2) is 58.2 Å². The van der Waals surface area contributed by atoms with Crippen LogP contribution in [0.4, 0.5) is 11.4 Å². The molecule has 0 aliphatic carbocycles. The van der Waals surface area contributed by atoms with Gasteiger partial charge in [-0.1, -0.05) is 34.1 Å². The summed E-state index contributed by atoms with van der Waals surface area (Å²) in [6.45, 7) is -0.131. The quantitative estimate of drug-likeness (QED) is 0.673. The van der Waals surface area contributed by atoms with E-state index < -0.39 is 0 Å². The molecular weight excluding hydrogens is 362 g/mol. The highest BCUT2D eigenvalue weighted by Crippen LogP contribution is 2.39. The van der Waals surface area contributed by atoms with Crippen LogP contribution >= 0.6 is 15.9 Å². The van der Waals surface area contributed by atoms with Crippen molar-refractivity contribution in [3.63, 3.8) is 0 Å². The molecule has 6 nitrogen and oxygen atoms in total. The van der Waals surface area contributed by atoms with Crippen LogP contribution in [0.2, 0.25) is 0 Å². The number of hydrogen-bond acceptors (Lipinski definition) is 4. The third kappa shape index (κ3) is 2.95. The minimum Gasteiger partial charge on any atom is -0.493 e. The second kappa shape index (κ2) is 6.21. The number of rotatable bonds is 4. The lowest BCUT2D eigenvalue weighted by Crippen LogP contribution is -2.18. The Bertz CT molecular complexity index is 890. The predicted octanol–water partition coefficient (Wildman–Crippen LogP) is 4.15. The molecule has 116 valence electrons. The van der Waals surface area contributed by atoms with Crippen LogP contribution in [0.5, 0.6) is 5.88 Å². The van der Waals surface area contributed by atoms with Crippen LogP contribution in [0.1, 0.15) is 0 Å². The van der Waals surface area contributed by atoms with Crippen LogP contribution in [0, 0.1) is 4.91 Å². The molecule has 0 saturated carbocycles. The van der Waals surface area contributed by atoms with Gasteiger partial charge in [-0.25, -0.2) is 0 Å². The Morgan fingerprint density at radius 3 is 2.65 bits per heavy atom. The summed E-state index contributed by atoms with van der Waals surface area (Å²) in [6, 6.07) is 14.2. The van der Waals surface area contributed by atoms with E-state index in [-0.39, 0.29) is 24.0 Å². The molecule has 2 N–H and O–H groups in total. The summed E-state index contributed by atoms with van der Waals surface area (Å²) in [5, 5.41) is 16.3. The normalized spacial score (nSPS) is 10.7. The molecule has 1 amide bonds. The van der Waals surface area contributed by atoms with Crippen LogP contribution in [0.3, 0.4) is 0 Å². The number of nitrogens with one attached hydrogen (secondary N) is 1. The molecule has 7 heteroatoms. The number of amides is 1. The second-order valence-corrected chi connectivity index (χ2v) is 5.84.